The molecule has 0 aliphatic heterocycles. The van der Waals surface area contributed by atoms with Crippen LogP contribution >= 0.6 is 21.6 Å². The second-order valence-corrected chi connectivity index (χ2v) is 7.18. The van der Waals surface area contributed by atoms with Crippen molar-refractivity contribution in [3.05, 3.63) is 24.0 Å². The Morgan fingerprint density at radius 1 is 1.22 bits per heavy atom. The summed E-state index contributed by atoms with van der Waals surface area (Å²) in [5.74, 6) is -1.02. The first kappa shape index (κ1) is 17.9. The zero-order valence-electron chi connectivity index (χ0n) is 13.0. The van der Waals surface area contributed by atoms with Crippen LogP contribution in [0.4, 0.5) is 0 Å². The van der Waals surface area contributed by atoms with Gasteiger partial charge in [0.15, 0.2) is 0 Å². The summed E-state index contributed by atoms with van der Waals surface area (Å²) in [7, 11) is 6.70. The Hall–Kier alpha value is -1.49. The molecule has 5 N–H and O–H groups in total. The van der Waals surface area contributed by atoms with E-state index in [0.717, 1.165) is 27.9 Å². The Labute approximate surface area is 142 Å². The Bertz CT molecular complexity index is 684. The highest BCUT2D eigenvalue weighted by molar-refractivity contribution is 8.76. The maximum absolute atomic E-state index is 11.0. The molecule has 0 saturated heterocycles. The van der Waals surface area contributed by atoms with Crippen LogP contribution in [0.3, 0.4) is 0 Å². The number of hydrogen-bond donors (Lipinski definition) is 3. The quantitative estimate of drug-likeness (QED) is 0.581. The van der Waals surface area contributed by atoms with E-state index in [1.807, 2.05) is 18.7 Å². The van der Waals surface area contributed by atoms with Gasteiger partial charge in [0.25, 0.3) is 0 Å². The largest absolute Gasteiger partial charge is 0.480 e. The molecule has 2 rings (SSSR count). The molecule has 0 aromatic carbocycles. The van der Waals surface area contributed by atoms with Crippen LogP contribution in [0.25, 0.3) is 0 Å². The molecule has 2 aromatic rings. The second kappa shape index (κ2) is 7.86. The molecule has 23 heavy (non-hydrogen) atoms. The molecule has 1 atom stereocenters. The predicted molar refractivity (Wildman–Crippen MR) is 90.2 cm³/mol. The van der Waals surface area contributed by atoms with Gasteiger partial charge in [-0.05, 0) is 28.1 Å². The molecule has 10 heteroatoms. The van der Waals surface area contributed by atoms with Gasteiger partial charge in [0.1, 0.15) is 16.1 Å². The minimum absolute atomic E-state index is 0.229. The van der Waals surface area contributed by atoms with Crippen molar-refractivity contribution in [1.29, 1.82) is 0 Å². The van der Waals surface area contributed by atoms with E-state index in [1.54, 1.807) is 17.2 Å². The van der Waals surface area contributed by atoms with Gasteiger partial charge < -0.3 is 25.7 Å². The summed E-state index contributed by atoms with van der Waals surface area (Å²) in [4.78, 5) is 19.6. The van der Waals surface area contributed by atoms with Gasteiger partial charge in [-0.3, -0.25) is 4.79 Å². The Balaban J connectivity index is 2.11. The van der Waals surface area contributed by atoms with Crippen molar-refractivity contribution in [2.75, 3.05) is 6.54 Å². The van der Waals surface area contributed by atoms with Crippen molar-refractivity contribution < 1.29 is 9.90 Å². The van der Waals surface area contributed by atoms with E-state index in [2.05, 4.69) is 9.97 Å². The summed E-state index contributed by atoms with van der Waals surface area (Å²) >= 11 is 0. The van der Waals surface area contributed by atoms with Crippen LogP contribution in [-0.2, 0) is 31.7 Å². The van der Waals surface area contributed by atoms with Crippen LogP contribution in [0.15, 0.2) is 22.7 Å². The van der Waals surface area contributed by atoms with E-state index >= 15 is 0 Å². The van der Waals surface area contributed by atoms with Gasteiger partial charge in [0.2, 0.25) is 0 Å². The number of nitrogens with zero attached hydrogens (tertiary/aromatic N) is 4. The molecule has 2 heterocycles. The van der Waals surface area contributed by atoms with Gasteiger partial charge in [-0.2, -0.15) is 0 Å². The molecular formula is C13H20N6O2S2. The van der Waals surface area contributed by atoms with Crippen molar-refractivity contribution >= 4 is 27.6 Å². The Morgan fingerprint density at radius 3 is 2.26 bits per heavy atom. The maximum Gasteiger partial charge on any atom is 0.320 e. The van der Waals surface area contributed by atoms with E-state index in [4.69, 9.17) is 16.6 Å². The first-order chi connectivity index (χ1) is 10.9. The average Bonchev–Trinajstić information content (AvgIpc) is 3.02. The minimum Gasteiger partial charge on any atom is -0.480 e. The van der Waals surface area contributed by atoms with Crippen LogP contribution in [0.1, 0.15) is 11.4 Å². The topological polar surface area (TPSA) is 125 Å². The van der Waals surface area contributed by atoms with Crippen LogP contribution in [-0.4, -0.2) is 42.8 Å². The first-order valence-electron chi connectivity index (χ1n) is 6.97. The molecule has 0 spiro atoms. The molecule has 8 nitrogen and oxygen atoms in total. The van der Waals surface area contributed by atoms with Crippen LogP contribution in [0.5, 0.6) is 0 Å². The fourth-order valence-electron chi connectivity index (χ4n) is 2.03. The summed E-state index contributed by atoms with van der Waals surface area (Å²) in [5, 5.41) is 10.6. The Morgan fingerprint density at radius 2 is 1.74 bits per heavy atom. The third-order valence-electron chi connectivity index (χ3n) is 3.35. The third-order valence-corrected chi connectivity index (χ3v) is 5.63. The lowest BCUT2D eigenvalue weighted by molar-refractivity contribution is -0.138. The van der Waals surface area contributed by atoms with Gasteiger partial charge in [0, 0.05) is 26.9 Å². The van der Waals surface area contributed by atoms with Crippen LogP contribution in [0.2, 0.25) is 0 Å². The number of rotatable bonds is 8. The summed E-state index contributed by atoms with van der Waals surface area (Å²) in [6, 6.07) is -0.947. The predicted octanol–water partition coefficient (Wildman–Crippen LogP) is 0.409. The highest BCUT2D eigenvalue weighted by Gasteiger charge is 2.19. The van der Waals surface area contributed by atoms with Gasteiger partial charge in [0.05, 0.1) is 24.0 Å². The number of nitrogens with two attached hydrogens (primary N) is 2. The van der Waals surface area contributed by atoms with E-state index in [0.29, 0.717) is 6.54 Å². The smallest absolute Gasteiger partial charge is 0.320 e. The van der Waals surface area contributed by atoms with Gasteiger partial charge in [-0.15, -0.1) is 0 Å². The van der Waals surface area contributed by atoms with Gasteiger partial charge in [-0.1, -0.05) is 0 Å². The summed E-state index contributed by atoms with van der Waals surface area (Å²) in [6.07, 6.45) is 4.39. The minimum atomic E-state index is -1.02. The SMILES string of the molecule is Cn1cnc(SSc2ncn(C)c2CC(N)C(=O)O)c1CCN. The molecular weight excluding hydrogens is 336 g/mol. The number of carbonyl (C=O) groups is 1. The molecule has 0 saturated carbocycles. The number of carboxylic acid groups (broad SMARTS) is 1. The number of aryl methyl sites for hydroxylation is 2. The molecule has 0 amide bonds. The Kier molecular flexibility index (Phi) is 6.10. The van der Waals surface area contributed by atoms with Crippen molar-refractivity contribution in [2.45, 2.75) is 28.9 Å². The number of imidazole rings is 2. The fourth-order valence-corrected chi connectivity index (χ4v) is 4.35. The van der Waals surface area contributed by atoms with E-state index in [9.17, 15) is 4.79 Å². The van der Waals surface area contributed by atoms with Crippen molar-refractivity contribution in [2.24, 2.45) is 25.6 Å². The van der Waals surface area contributed by atoms with Crippen molar-refractivity contribution in [1.82, 2.24) is 19.1 Å². The number of carboxylic acids is 1. The first-order valence-corrected chi connectivity index (χ1v) is 9.12. The average molecular weight is 356 g/mol. The van der Waals surface area contributed by atoms with Crippen molar-refractivity contribution in [3.8, 4) is 0 Å². The fraction of sp³-hybridized carbons (Fsp3) is 0.462. The molecule has 0 fully saturated rings. The zero-order chi connectivity index (χ0) is 17.0. The van der Waals surface area contributed by atoms with E-state index in [1.165, 1.54) is 21.6 Å². The molecule has 1 unspecified atom stereocenters. The maximum atomic E-state index is 11.0. The summed E-state index contributed by atoms with van der Waals surface area (Å²) in [5.41, 5.74) is 13.1. The lowest BCUT2D eigenvalue weighted by Crippen LogP contribution is -2.33. The lowest BCUT2D eigenvalue weighted by atomic mass is 10.2. The standard InChI is InChI=1S/C13H20N6O2S2/c1-18-6-16-11(9(18)3-4-14)22-23-12-10(19(2)7-17-12)5-8(15)13(20)21/h6-8H,3-5,14-15H2,1-2H3,(H,20,21). The lowest BCUT2D eigenvalue weighted by Gasteiger charge is -2.09. The number of aromatic nitrogens is 4. The third kappa shape index (κ3) is 4.28. The highest BCUT2D eigenvalue weighted by Crippen LogP contribution is 2.39. The number of aliphatic carboxylic acids is 1. The number of hydrogen-bond acceptors (Lipinski definition) is 7. The van der Waals surface area contributed by atoms with Crippen LogP contribution < -0.4 is 11.5 Å². The highest BCUT2D eigenvalue weighted by atomic mass is 33.1. The monoisotopic (exact) mass is 356 g/mol. The summed E-state index contributed by atoms with van der Waals surface area (Å²) < 4.78 is 3.75. The molecule has 0 aliphatic rings. The molecule has 2 aromatic heterocycles. The van der Waals surface area contributed by atoms with E-state index in [-0.39, 0.29) is 6.42 Å². The molecule has 0 aliphatic carbocycles. The summed E-state index contributed by atoms with van der Waals surface area (Å²) in [6.45, 7) is 0.556. The second-order valence-electron chi connectivity index (χ2n) is 5.07. The molecule has 0 bridgehead atoms. The van der Waals surface area contributed by atoms with Gasteiger partial charge >= 0.3 is 5.97 Å². The zero-order valence-corrected chi connectivity index (χ0v) is 14.6. The van der Waals surface area contributed by atoms with Gasteiger partial charge in [-0.25, -0.2) is 9.97 Å². The van der Waals surface area contributed by atoms with E-state index < -0.39 is 12.0 Å². The van der Waals surface area contributed by atoms with Crippen LogP contribution in [0, 0.1) is 0 Å². The van der Waals surface area contributed by atoms with Crippen molar-refractivity contribution in [3.63, 3.8) is 0 Å². The normalized spacial score (nSPS) is 12.5. The molecule has 0 radical (unpaired) electrons. The molecule has 126 valence electrons.